The number of benzene rings is 1. The van der Waals surface area contributed by atoms with Gasteiger partial charge in [-0.2, -0.15) is 0 Å². The zero-order chi connectivity index (χ0) is 13.6. The highest BCUT2D eigenvalue weighted by Crippen LogP contribution is 2.43. The van der Waals surface area contributed by atoms with Crippen LogP contribution in [0.3, 0.4) is 0 Å². The average Bonchev–Trinajstić information content (AvgIpc) is 2.37. The predicted octanol–water partition coefficient (Wildman–Crippen LogP) is 3.51. The normalized spacial score (nSPS) is 13.3. The summed E-state index contributed by atoms with van der Waals surface area (Å²) in [6, 6.07) is 8.84. The third-order valence-electron chi connectivity index (χ3n) is 2.58. The van der Waals surface area contributed by atoms with Gasteiger partial charge in [0.2, 0.25) is 0 Å². The smallest absolute Gasteiger partial charge is 0.140 e. The van der Waals surface area contributed by atoms with Crippen LogP contribution in [0.2, 0.25) is 0 Å². The van der Waals surface area contributed by atoms with Crippen molar-refractivity contribution in [3.63, 3.8) is 0 Å². The number of carbonyl (C=O) groups is 1. The number of rotatable bonds is 7. The SMILES string of the molecule is CCCc1ccc(P(C)SNC(C)(C)C=O)cc1. The second kappa shape index (κ2) is 7.28. The van der Waals surface area contributed by atoms with Crippen LogP contribution in [-0.2, 0) is 11.2 Å². The van der Waals surface area contributed by atoms with Crippen molar-refractivity contribution in [2.24, 2.45) is 0 Å². The minimum Gasteiger partial charge on any atom is -0.301 e. The van der Waals surface area contributed by atoms with Crippen molar-refractivity contribution >= 4 is 30.3 Å². The maximum absolute atomic E-state index is 10.8. The molecule has 0 spiro atoms. The van der Waals surface area contributed by atoms with Crippen LogP contribution in [0.5, 0.6) is 0 Å². The van der Waals surface area contributed by atoms with E-state index < -0.39 is 5.54 Å². The van der Waals surface area contributed by atoms with Crippen molar-refractivity contribution < 1.29 is 4.79 Å². The summed E-state index contributed by atoms with van der Waals surface area (Å²) in [5, 5.41) is 1.35. The number of carbonyl (C=O) groups excluding carboxylic acids is 1. The molecule has 2 nitrogen and oxygen atoms in total. The summed E-state index contributed by atoms with van der Waals surface area (Å²) in [6.45, 7) is 8.19. The number of aryl methyl sites for hydroxylation is 1. The summed E-state index contributed by atoms with van der Waals surface area (Å²) in [4.78, 5) is 10.8. The zero-order valence-corrected chi connectivity index (χ0v) is 13.3. The molecule has 0 aliphatic rings. The average molecular weight is 283 g/mol. The number of hydrogen-bond donors (Lipinski definition) is 1. The Morgan fingerprint density at radius 2 is 1.94 bits per heavy atom. The third kappa shape index (κ3) is 5.09. The second-order valence-corrected chi connectivity index (χ2v) is 9.04. The molecule has 0 fully saturated rings. The molecule has 1 N–H and O–H groups in total. The largest absolute Gasteiger partial charge is 0.301 e. The van der Waals surface area contributed by atoms with E-state index in [1.165, 1.54) is 17.3 Å². The summed E-state index contributed by atoms with van der Waals surface area (Å²) in [6.07, 6.45) is 3.28. The number of hydrogen-bond acceptors (Lipinski definition) is 3. The van der Waals surface area contributed by atoms with Crippen molar-refractivity contribution in [1.29, 1.82) is 0 Å². The molecule has 4 heteroatoms. The molecular formula is C14H22NOPS. The quantitative estimate of drug-likeness (QED) is 0.472. The van der Waals surface area contributed by atoms with E-state index in [-0.39, 0.29) is 7.12 Å². The van der Waals surface area contributed by atoms with Crippen LogP contribution in [-0.4, -0.2) is 18.5 Å². The molecule has 0 radical (unpaired) electrons. The maximum Gasteiger partial charge on any atom is 0.140 e. The second-order valence-electron chi connectivity index (χ2n) is 4.95. The molecule has 0 bridgehead atoms. The molecule has 1 atom stereocenters. The van der Waals surface area contributed by atoms with Gasteiger partial charge in [0.15, 0.2) is 0 Å². The molecule has 1 aromatic carbocycles. The topological polar surface area (TPSA) is 29.1 Å². The van der Waals surface area contributed by atoms with Gasteiger partial charge >= 0.3 is 0 Å². The van der Waals surface area contributed by atoms with Crippen molar-refractivity contribution in [3.8, 4) is 0 Å². The molecule has 0 heterocycles. The van der Waals surface area contributed by atoms with Crippen LogP contribution >= 0.6 is 18.7 Å². The first-order chi connectivity index (χ1) is 8.48. The lowest BCUT2D eigenvalue weighted by molar-refractivity contribution is -0.111. The van der Waals surface area contributed by atoms with Crippen molar-refractivity contribution in [1.82, 2.24) is 4.72 Å². The Bertz CT molecular complexity index is 378. The van der Waals surface area contributed by atoms with E-state index in [0.29, 0.717) is 0 Å². The Kier molecular flexibility index (Phi) is 6.34. The molecule has 1 unspecified atom stereocenters. The molecular weight excluding hydrogens is 261 g/mol. The fraction of sp³-hybridized carbons (Fsp3) is 0.500. The molecule has 0 saturated carbocycles. The van der Waals surface area contributed by atoms with Gasteiger partial charge in [0, 0.05) is 0 Å². The molecule has 1 aromatic rings. The van der Waals surface area contributed by atoms with Crippen LogP contribution in [0.1, 0.15) is 32.8 Å². The zero-order valence-electron chi connectivity index (χ0n) is 11.6. The summed E-state index contributed by atoms with van der Waals surface area (Å²) in [7, 11) is -0.321. The minimum atomic E-state index is -0.455. The minimum absolute atomic E-state index is 0.321. The van der Waals surface area contributed by atoms with Gasteiger partial charge in [-0.25, -0.2) is 4.72 Å². The van der Waals surface area contributed by atoms with Gasteiger partial charge < -0.3 is 4.79 Å². The van der Waals surface area contributed by atoms with E-state index in [9.17, 15) is 4.79 Å². The lowest BCUT2D eigenvalue weighted by Crippen LogP contribution is -2.35. The highest BCUT2D eigenvalue weighted by molar-refractivity contribution is 8.56. The Balaban J connectivity index is 2.56. The van der Waals surface area contributed by atoms with Crippen LogP contribution in [0.4, 0.5) is 0 Å². The summed E-state index contributed by atoms with van der Waals surface area (Å²) >= 11 is 1.66. The van der Waals surface area contributed by atoms with E-state index in [2.05, 4.69) is 42.6 Å². The molecule has 1 rings (SSSR count). The van der Waals surface area contributed by atoms with Crippen molar-refractivity contribution in [2.45, 2.75) is 39.2 Å². The first kappa shape index (κ1) is 15.7. The first-order valence-electron chi connectivity index (χ1n) is 6.21. The van der Waals surface area contributed by atoms with Gasteiger partial charge in [-0.3, -0.25) is 0 Å². The Hall–Kier alpha value is -0.370. The van der Waals surface area contributed by atoms with Crippen LogP contribution in [0.15, 0.2) is 24.3 Å². The fourth-order valence-electron chi connectivity index (χ4n) is 1.42. The van der Waals surface area contributed by atoms with Crippen LogP contribution in [0, 0.1) is 0 Å². The summed E-state index contributed by atoms with van der Waals surface area (Å²) < 4.78 is 3.22. The fourth-order valence-corrected chi connectivity index (χ4v) is 4.32. The Morgan fingerprint density at radius 1 is 1.33 bits per heavy atom. The summed E-state index contributed by atoms with van der Waals surface area (Å²) in [5.41, 5.74) is 0.944. The molecule has 0 amide bonds. The molecule has 0 aliphatic carbocycles. The number of aldehydes is 1. The molecule has 0 saturated heterocycles. The van der Waals surface area contributed by atoms with Gasteiger partial charge in [0.05, 0.1) is 5.54 Å². The predicted molar refractivity (Wildman–Crippen MR) is 83.8 cm³/mol. The van der Waals surface area contributed by atoms with Crippen LogP contribution in [0.25, 0.3) is 0 Å². The van der Waals surface area contributed by atoms with Gasteiger partial charge in [-0.1, -0.05) is 37.6 Å². The highest BCUT2D eigenvalue weighted by Gasteiger charge is 2.17. The maximum atomic E-state index is 10.8. The van der Waals surface area contributed by atoms with E-state index in [0.717, 1.165) is 12.7 Å². The van der Waals surface area contributed by atoms with Gasteiger partial charge in [0.25, 0.3) is 0 Å². The molecule has 18 heavy (non-hydrogen) atoms. The van der Waals surface area contributed by atoms with Gasteiger partial charge in [-0.05, 0) is 56.5 Å². The monoisotopic (exact) mass is 283 g/mol. The van der Waals surface area contributed by atoms with E-state index in [4.69, 9.17) is 0 Å². The van der Waals surface area contributed by atoms with Gasteiger partial charge in [0.1, 0.15) is 6.29 Å². The third-order valence-corrected chi connectivity index (χ3v) is 6.22. The van der Waals surface area contributed by atoms with E-state index in [1.807, 2.05) is 13.8 Å². The Labute approximate surface area is 116 Å². The van der Waals surface area contributed by atoms with Crippen LogP contribution < -0.4 is 10.0 Å². The molecule has 100 valence electrons. The highest BCUT2D eigenvalue weighted by atomic mass is 32.7. The number of nitrogens with one attached hydrogen (secondary N) is 1. The lowest BCUT2D eigenvalue weighted by Gasteiger charge is -2.21. The Morgan fingerprint density at radius 3 is 2.44 bits per heavy atom. The molecule has 0 aromatic heterocycles. The lowest BCUT2D eigenvalue weighted by atomic mass is 10.1. The van der Waals surface area contributed by atoms with Gasteiger partial charge in [-0.15, -0.1) is 0 Å². The van der Waals surface area contributed by atoms with E-state index >= 15 is 0 Å². The standard InChI is InChI=1S/C14H22NOPS/c1-5-6-12-7-9-13(10-8-12)17(4)18-15-14(2,3)11-16/h7-11,15H,5-6H2,1-4H3. The molecule has 0 aliphatic heterocycles. The first-order valence-corrected chi connectivity index (χ1v) is 9.42. The summed E-state index contributed by atoms with van der Waals surface area (Å²) in [5.74, 6) is 0. The van der Waals surface area contributed by atoms with Crippen molar-refractivity contribution in [3.05, 3.63) is 29.8 Å². The van der Waals surface area contributed by atoms with E-state index in [1.54, 1.807) is 11.6 Å². The van der Waals surface area contributed by atoms with Crippen molar-refractivity contribution in [2.75, 3.05) is 6.66 Å².